The van der Waals surface area contributed by atoms with Gasteiger partial charge in [-0.15, -0.1) is 0 Å². The monoisotopic (exact) mass is 461 g/mol. The first-order valence-corrected chi connectivity index (χ1v) is 11.3. The summed E-state index contributed by atoms with van der Waals surface area (Å²) in [7, 11) is 1.51. The number of amides is 1. The van der Waals surface area contributed by atoms with Crippen LogP contribution < -0.4 is 9.47 Å². The van der Waals surface area contributed by atoms with Crippen molar-refractivity contribution in [1.29, 1.82) is 0 Å². The van der Waals surface area contributed by atoms with Crippen LogP contribution in [0.2, 0.25) is 0 Å². The Hall–Kier alpha value is -3.80. The van der Waals surface area contributed by atoms with Crippen LogP contribution in [0.4, 0.5) is 0 Å². The Morgan fingerprint density at radius 3 is 2.12 bits per heavy atom. The van der Waals surface area contributed by atoms with Gasteiger partial charge in [-0.1, -0.05) is 60.7 Å². The molecule has 0 N–H and O–H groups in total. The highest BCUT2D eigenvalue weighted by Gasteiger charge is 2.18. The Balaban J connectivity index is 1.65. The van der Waals surface area contributed by atoms with Gasteiger partial charge >= 0.3 is 5.97 Å². The van der Waals surface area contributed by atoms with Gasteiger partial charge in [0, 0.05) is 13.1 Å². The highest BCUT2D eigenvalue weighted by molar-refractivity contribution is 5.92. The van der Waals surface area contributed by atoms with Gasteiger partial charge in [-0.25, -0.2) is 4.79 Å². The molecule has 34 heavy (non-hydrogen) atoms. The van der Waals surface area contributed by atoms with Gasteiger partial charge in [0.15, 0.2) is 18.1 Å². The molecule has 0 aliphatic carbocycles. The number of hydrogen-bond donors (Lipinski definition) is 0. The molecule has 0 atom stereocenters. The summed E-state index contributed by atoms with van der Waals surface area (Å²) in [6.07, 6.45) is 0.679. The lowest BCUT2D eigenvalue weighted by Crippen LogP contribution is -2.35. The number of methoxy groups -OCH3 is 1. The third kappa shape index (κ3) is 7.37. The zero-order chi connectivity index (χ0) is 24.3. The number of esters is 1. The lowest BCUT2D eigenvalue weighted by molar-refractivity contribution is -0.135. The zero-order valence-corrected chi connectivity index (χ0v) is 19.9. The Labute approximate surface area is 201 Å². The van der Waals surface area contributed by atoms with Crippen molar-refractivity contribution in [3.05, 3.63) is 95.6 Å². The van der Waals surface area contributed by atoms with Gasteiger partial charge in [0.25, 0.3) is 5.91 Å². The number of nitrogens with zero attached hydrogens (tertiary/aromatic N) is 1. The molecule has 0 fully saturated rings. The first-order chi connectivity index (χ1) is 16.5. The van der Waals surface area contributed by atoms with E-state index in [1.54, 1.807) is 23.1 Å². The summed E-state index contributed by atoms with van der Waals surface area (Å²) in [5, 5.41) is 0. The molecule has 0 aliphatic rings. The fourth-order valence-corrected chi connectivity index (χ4v) is 3.45. The van der Waals surface area contributed by atoms with Crippen LogP contribution in [0.25, 0.3) is 0 Å². The zero-order valence-electron chi connectivity index (χ0n) is 19.9. The standard InChI is InChI=1S/C28H31NO5/c1-21(2)34-25-15-14-24(18-26(25)32-3)28(31)33-20-27(30)29(19-23-12-8-5-9-13-23)17-16-22-10-6-4-7-11-22/h4-15,18,21H,16-17,19-20H2,1-3H3. The van der Waals surface area contributed by atoms with Gasteiger partial charge in [0.1, 0.15) is 0 Å². The highest BCUT2D eigenvalue weighted by Crippen LogP contribution is 2.29. The van der Waals surface area contributed by atoms with E-state index >= 15 is 0 Å². The Morgan fingerprint density at radius 1 is 0.853 bits per heavy atom. The van der Waals surface area contributed by atoms with Gasteiger partial charge in [0.2, 0.25) is 0 Å². The van der Waals surface area contributed by atoms with Crippen LogP contribution in [0.15, 0.2) is 78.9 Å². The third-order valence-electron chi connectivity index (χ3n) is 5.17. The summed E-state index contributed by atoms with van der Waals surface area (Å²) >= 11 is 0. The number of rotatable bonds is 11. The van der Waals surface area contributed by atoms with Crippen molar-refractivity contribution in [1.82, 2.24) is 4.90 Å². The normalized spacial score (nSPS) is 10.6. The van der Waals surface area contributed by atoms with E-state index in [1.807, 2.05) is 74.5 Å². The predicted molar refractivity (Wildman–Crippen MR) is 131 cm³/mol. The molecule has 0 saturated carbocycles. The second-order valence-electron chi connectivity index (χ2n) is 8.14. The van der Waals surface area contributed by atoms with E-state index in [1.165, 1.54) is 7.11 Å². The number of carbonyl (C=O) groups is 2. The SMILES string of the molecule is COc1cc(C(=O)OCC(=O)N(CCc2ccccc2)Cc2ccccc2)ccc1OC(C)C. The summed E-state index contributed by atoms with van der Waals surface area (Å²) < 4.78 is 16.4. The number of ether oxygens (including phenoxy) is 3. The maximum Gasteiger partial charge on any atom is 0.338 e. The van der Waals surface area contributed by atoms with Gasteiger partial charge < -0.3 is 19.1 Å². The number of hydrogen-bond acceptors (Lipinski definition) is 5. The lowest BCUT2D eigenvalue weighted by Gasteiger charge is -2.23. The molecule has 6 heteroatoms. The fourth-order valence-electron chi connectivity index (χ4n) is 3.45. The maximum absolute atomic E-state index is 13.0. The maximum atomic E-state index is 13.0. The van der Waals surface area contributed by atoms with Crippen molar-refractivity contribution < 1.29 is 23.8 Å². The Bertz CT molecular complexity index is 1070. The fraction of sp³-hybridized carbons (Fsp3) is 0.286. The van der Waals surface area contributed by atoms with Crippen molar-refractivity contribution in [2.24, 2.45) is 0 Å². The van der Waals surface area contributed by atoms with Gasteiger partial charge in [0.05, 0.1) is 18.8 Å². The average molecular weight is 462 g/mol. The molecule has 6 nitrogen and oxygen atoms in total. The van der Waals surface area contributed by atoms with Crippen molar-refractivity contribution >= 4 is 11.9 Å². The Morgan fingerprint density at radius 2 is 1.50 bits per heavy atom. The summed E-state index contributed by atoms with van der Waals surface area (Å²) in [4.78, 5) is 27.3. The van der Waals surface area contributed by atoms with E-state index in [2.05, 4.69) is 0 Å². The summed E-state index contributed by atoms with van der Waals surface area (Å²) in [5.41, 5.74) is 2.45. The molecule has 178 valence electrons. The molecule has 1 amide bonds. The topological polar surface area (TPSA) is 65.1 Å². The van der Waals surface area contributed by atoms with Crippen LogP contribution >= 0.6 is 0 Å². The van der Waals surface area contributed by atoms with Crippen LogP contribution in [-0.4, -0.2) is 43.1 Å². The molecule has 3 aromatic carbocycles. The minimum absolute atomic E-state index is 0.0317. The molecular formula is C28H31NO5. The minimum Gasteiger partial charge on any atom is -0.493 e. The van der Waals surface area contributed by atoms with E-state index in [9.17, 15) is 9.59 Å². The van der Waals surface area contributed by atoms with Crippen LogP contribution in [0.5, 0.6) is 11.5 Å². The van der Waals surface area contributed by atoms with E-state index in [4.69, 9.17) is 14.2 Å². The van der Waals surface area contributed by atoms with E-state index in [0.29, 0.717) is 36.6 Å². The number of benzene rings is 3. The van der Waals surface area contributed by atoms with E-state index < -0.39 is 5.97 Å². The molecule has 0 heterocycles. The predicted octanol–water partition coefficient (Wildman–Crippen LogP) is 4.91. The van der Waals surface area contributed by atoms with E-state index in [0.717, 1.165) is 11.1 Å². The second-order valence-corrected chi connectivity index (χ2v) is 8.14. The second kappa shape index (κ2) is 12.4. The molecule has 0 aromatic heterocycles. The largest absolute Gasteiger partial charge is 0.493 e. The van der Waals surface area contributed by atoms with Crippen molar-refractivity contribution in [3.63, 3.8) is 0 Å². The van der Waals surface area contributed by atoms with Crippen LogP contribution in [0.1, 0.15) is 35.3 Å². The van der Waals surface area contributed by atoms with Gasteiger partial charge in [-0.2, -0.15) is 0 Å². The lowest BCUT2D eigenvalue weighted by atomic mass is 10.1. The highest BCUT2D eigenvalue weighted by atomic mass is 16.5. The van der Waals surface area contributed by atoms with Gasteiger partial charge in [-0.3, -0.25) is 4.79 Å². The van der Waals surface area contributed by atoms with Crippen LogP contribution in [0, 0.1) is 0 Å². The smallest absolute Gasteiger partial charge is 0.338 e. The Kier molecular flexibility index (Phi) is 9.09. The van der Waals surface area contributed by atoms with Crippen LogP contribution in [-0.2, 0) is 22.5 Å². The summed E-state index contributed by atoms with van der Waals surface area (Å²) in [6, 6.07) is 24.6. The molecule has 0 bridgehead atoms. The molecule has 0 unspecified atom stereocenters. The molecule has 0 aliphatic heterocycles. The van der Waals surface area contributed by atoms with E-state index in [-0.39, 0.29) is 18.6 Å². The first kappa shape index (κ1) is 24.8. The van der Waals surface area contributed by atoms with Gasteiger partial charge in [-0.05, 0) is 49.6 Å². The van der Waals surface area contributed by atoms with Crippen molar-refractivity contribution in [2.75, 3.05) is 20.3 Å². The molecular weight excluding hydrogens is 430 g/mol. The molecule has 0 spiro atoms. The summed E-state index contributed by atoms with van der Waals surface area (Å²) in [5.74, 6) is 0.133. The molecule has 3 aromatic rings. The first-order valence-electron chi connectivity index (χ1n) is 11.3. The van der Waals surface area contributed by atoms with Crippen molar-refractivity contribution in [3.8, 4) is 11.5 Å². The minimum atomic E-state index is -0.592. The number of carbonyl (C=O) groups excluding carboxylic acids is 2. The average Bonchev–Trinajstić information content (AvgIpc) is 2.86. The molecule has 3 rings (SSSR count). The molecule has 0 saturated heterocycles. The molecule has 0 radical (unpaired) electrons. The van der Waals surface area contributed by atoms with Crippen LogP contribution in [0.3, 0.4) is 0 Å². The summed E-state index contributed by atoms with van der Waals surface area (Å²) in [6.45, 7) is 4.44. The third-order valence-corrected chi connectivity index (χ3v) is 5.17. The quantitative estimate of drug-likeness (QED) is 0.380. The van der Waals surface area contributed by atoms with Crippen molar-refractivity contribution in [2.45, 2.75) is 32.9 Å².